The van der Waals surface area contributed by atoms with E-state index in [0.29, 0.717) is 12.2 Å². The van der Waals surface area contributed by atoms with Crippen LogP contribution in [0, 0.1) is 6.92 Å². The van der Waals surface area contributed by atoms with Crippen LogP contribution in [0.2, 0.25) is 19.6 Å². The van der Waals surface area contributed by atoms with Crippen LogP contribution in [0.4, 0.5) is 5.82 Å². The topological polar surface area (TPSA) is 51.5 Å². The minimum atomic E-state index is -3.87. The fourth-order valence-electron chi connectivity index (χ4n) is 3.99. The molecule has 3 aromatic rings. The van der Waals surface area contributed by atoms with Gasteiger partial charge in [0, 0.05) is 28.0 Å². The van der Waals surface area contributed by atoms with Crippen molar-refractivity contribution < 1.29 is 12.8 Å². The van der Waals surface area contributed by atoms with Crippen LogP contribution in [-0.4, -0.2) is 27.5 Å². The van der Waals surface area contributed by atoms with Crippen molar-refractivity contribution in [3.8, 4) is 0 Å². The van der Waals surface area contributed by atoms with E-state index in [1.807, 2.05) is 55.0 Å². The molecule has 2 aromatic carbocycles. The summed E-state index contributed by atoms with van der Waals surface area (Å²) >= 11 is 3.56. The zero-order valence-electron chi connectivity index (χ0n) is 18.4. The molecular weight excluding hydrogens is 492 g/mol. The van der Waals surface area contributed by atoms with E-state index in [1.54, 1.807) is 12.1 Å². The lowest BCUT2D eigenvalue weighted by atomic mass is 10.1. The molecule has 0 saturated heterocycles. The van der Waals surface area contributed by atoms with Gasteiger partial charge >= 0.3 is 0 Å². The Labute approximate surface area is 193 Å². The number of nitrogens with zero attached hydrogens (tertiary/aromatic N) is 2. The average molecular weight is 520 g/mol. The van der Waals surface area contributed by atoms with Crippen molar-refractivity contribution >= 4 is 51.0 Å². The number of rotatable bonds is 4. The number of aromatic nitrogens is 1. The molecule has 0 N–H and O–H groups in total. The first-order chi connectivity index (χ1) is 14.5. The number of allylic oxidation sites excluding steroid dienone is 1. The molecule has 4 rings (SSSR count). The van der Waals surface area contributed by atoms with Crippen LogP contribution in [-0.2, 0) is 27.9 Å². The Hall–Kier alpha value is -1.87. The Morgan fingerprint density at radius 1 is 1.10 bits per heavy atom. The lowest BCUT2D eigenvalue weighted by Gasteiger charge is -2.34. The molecule has 1 aliphatic heterocycles. The van der Waals surface area contributed by atoms with Gasteiger partial charge in [-0.25, -0.2) is 12.7 Å². The third kappa shape index (κ3) is 4.14. The Kier molecular flexibility index (Phi) is 5.70. The molecule has 5 nitrogen and oxygen atoms in total. The highest BCUT2D eigenvalue weighted by Crippen LogP contribution is 2.40. The van der Waals surface area contributed by atoms with Crippen LogP contribution in [0.5, 0.6) is 0 Å². The summed E-state index contributed by atoms with van der Waals surface area (Å²) in [6.07, 6.45) is 3.84. The average Bonchev–Trinajstić information content (AvgIpc) is 2.82. The summed E-state index contributed by atoms with van der Waals surface area (Å²) in [7, 11) is -4.01. The van der Waals surface area contributed by atoms with Gasteiger partial charge in [-0.1, -0.05) is 39.7 Å². The van der Waals surface area contributed by atoms with E-state index in [9.17, 15) is 8.42 Å². The smallest absolute Gasteiger partial charge is 0.267 e. The number of sulfonamides is 1. The Morgan fingerprint density at radius 2 is 1.77 bits per heavy atom. The molecule has 2 heterocycles. The summed E-state index contributed by atoms with van der Waals surface area (Å²) in [6.45, 7) is 8.16. The van der Waals surface area contributed by atoms with Gasteiger partial charge in [0.2, 0.25) is 0 Å². The van der Waals surface area contributed by atoms with Gasteiger partial charge in [-0.05, 0) is 69.4 Å². The summed E-state index contributed by atoms with van der Waals surface area (Å²) in [6, 6.07) is 13.0. The molecule has 0 saturated carbocycles. The van der Waals surface area contributed by atoms with Crippen LogP contribution < -0.4 is 4.31 Å². The summed E-state index contributed by atoms with van der Waals surface area (Å²) in [5, 5.41) is 1.04. The van der Waals surface area contributed by atoms with Crippen LogP contribution in [0.15, 0.2) is 64.0 Å². The zero-order valence-corrected chi connectivity index (χ0v) is 21.8. The fraction of sp³-hybridized carbons (Fsp3) is 0.304. The van der Waals surface area contributed by atoms with Gasteiger partial charge in [0.15, 0.2) is 14.5 Å². The van der Waals surface area contributed by atoms with Crippen molar-refractivity contribution in [3.63, 3.8) is 0 Å². The van der Waals surface area contributed by atoms with E-state index in [4.69, 9.17) is 4.43 Å². The summed E-state index contributed by atoms with van der Waals surface area (Å²) in [5.41, 5.74) is 2.98. The minimum absolute atomic E-state index is 0.259. The quantitative estimate of drug-likeness (QED) is 0.327. The number of hydrogen-bond acceptors (Lipinski definition) is 3. The molecule has 0 amide bonds. The molecule has 1 aromatic heterocycles. The van der Waals surface area contributed by atoms with E-state index in [-0.39, 0.29) is 4.90 Å². The monoisotopic (exact) mass is 518 g/mol. The second kappa shape index (κ2) is 7.92. The number of anilines is 1. The molecule has 1 unspecified atom stereocenters. The van der Waals surface area contributed by atoms with E-state index < -0.39 is 24.6 Å². The van der Waals surface area contributed by atoms with Gasteiger partial charge in [0.1, 0.15) is 5.82 Å². The van der Waals surface area contributed by atoms with Crippen molar-refractivity contribution in [1.29, 1.82) is 0 Å². The first-order valence-electron chi connectivity index (χ1n) is 10.2. The first kappa shape index (κ1) is 22.3. The predicted octanol–water partition coefficient (Wildman–Crippen LogP) is 5.73. The van der Waals surface area contributed by atoms with E-state index >= 15 is 0 Å². The van der Waals surface area contributed by atoms with Crippen molar-refractivity contribution in [3.05, 3.63) is 70.2 Å². The maximum Gasteiger partial charge on any atom is 0.267 e. The molecule has 164 valence electrons. The zero-order chi connectivity index (χ0) is 22.6. The van der Waals surface area contributed by atoms with Crippen LogP contribution in [0.3, 0.4) is 0 Å². The van der Waals surface area contributed by atoms with Gasteiger partial charge in [0.05, 0.1) is 4.90 Å². The van der Waals surface area contributed by atoms with Crippen molar-refractivity contribution in [2.45, 2.75) is 44.1 Å². The van der Waals surface area contributed by atoms with Gasteiger partial charge in [-0.15, -0.1) is 0 Å². The number of hydrogen-bond donors (Lipinski definition) is 0. The molecule has 0 aliphatic carbocycles. The van der Waals surface area contributed by atoms with E-state index in [0.717, 1.165) is 26.5 Å². The van der Waals surface area contributed by atoms with E-state index in [2.05, 4.69) is 41.6 Å². The normalized spacial score (nSPS) is 17.1. The number of fused-ring (bicyclic) bond motifs is 3. The lowest BCUT2D eigenvalue weighted by molar-refractivity contribution is 0.252. The highest BCUT2D eigenvalue weighted by Gasteiger charge is 2.38. The molecule has 0 radical (unpaired) electrons. The highest BCUT2D eigenvalue weighted by atomic mass is 79.9. The molecule has 0 spiro atoms. The number of benzene rings is 2. The Bertz CT molecular complexity index is 1270. The Morgan fingerprint density at radius 3 is 2.42 bits per heavy atom. The van der Waals surface area contributed by atoms with Crippen molar-refractivity contribution in [2.75, 3.05) is 4.31 Å². The van der Waals surface area contributed by atoms with Crippen molar-refractivity contribution in [2.24, 2.45) is 7.05 Å². The highest BCUT2D eigenvalue weighted by molar-refractivity contribution is 9.10. The van der Waals surface area contributed by atoms with Crippen molar-refractivity contribution in [1.82, 2.24) is 4.57 Å². The van der Waals surface area contributed by atoms with Crippen LogP contribution in [0.25, 0.3) is 10.9 Å². The minimum Gasteiger partial charge on any atom is -0.394 e. The van der Waals surface area contributed by atoms with Gasteiger partial charge < -0.3 is 8.99 Å². The summed E-state index contributed by atoms with van der Waals surface area (Å²) in [5.74, 6) is 0.655. The number of halogens is 1. The standard InChI is InChI=1S/C23H27BrN2O3SSi/c1-16-9-12-18(13-10-16)30(27,28)26-22(29-31(3,4)5)8-6-7-19-20-15-17(24)11-14-21(20)25(2)23(19)26/h6,8-15,22H,7H2,1-5H3. The van der Waals surface area contributed by atoms with Crippen LogP contribution >= 0.6 is 15.9 Å². The van der Waals surface area contributed by atoms with Gasteiger partial charge in [-0.2, -0.15) is 0 Å². The maximum atomic E-state index is 14.0. The lowest BCUT2D eigenvalue weighted by Crippen LogP contribution is -2.46. The molecule has 0 bridgehead atoms. The second-order valence-corrected chi connectivity index (χ2v) is 16.1. The number of aryl methyl sites for hydroxylation is 2. The SMILES string of the molecule is Cc1ccc(S(=O)(=O)N2c3c(c4cc(Br)ccc4n3C)CC=CC2O[Si](C)(C)C)cc1. The molecule has 0 fully saturated rings. The second-order valence-electron chi connectivity index (χ2n) is 8.89. The largest absolute Gasteiger partial charge is 0.394 e. The summed E-state index contributed by atoms with van der Waals surface area (Å²) < 4.78 is 38.8. The third-order valence-corrected chi connectivity index (χ3v) is 8.56. The van der Waals surface area contributed by atoms with E-state index in [1.165, 1.54) is 4.31 Å². The molecule has 1 aliphatic rings. The molecule has 31 heavy (non-hydrogen) atoms. The fourth-order valence-corrected chi connectivity index (χ4v) is 6.89. The predicted molar refractivity (Wildman–Crippen MR) is 133 cm³/mol. The summed E-state index contributed by atoms with van der Waals surface area (Å²) in [4.78, 5) is 0.259. The third-order valence-electron chi connectivity index (χ3n) is 5.35. The molecule has 8 heteroatoms. The maximum absolute atomic E-state index is 14.0. The van der Waals surface area contributed by atoms with Gasteiger partial charge in [-0.3, -0.25) is 0 Å². The van der Waals surface area contributed by atoms with Crippen LogP contribution in [0.1, 0.15) is 11.1 Å². The molecular formula is C23H27BrN2O3SSi. The Balaban J connectivity index is 2.01. The van der Waals surface area contributed by atoms with Gasteiger partial charge in [0.25, 0.3) is 10.0 Å². The first-order valence-corrected chi connectivity index (χ1v) is 15.9. The molecule has 1 atom stereocenters.